The fourth-order valence-electron chi connectivity index (χ4n) is 3.11. The summed E-state index contributed by atoms with van der Waals surface area (Å²) in [7, 11) is 0. The van der Waals surface area contributed by atoms with Gasteiger partial charge in [-0.2, -0.15) is 0 Å². The van der Waals surface area contributed by atoms with E-state index in [1.54, 1.807) is 6.07 Å². The van der Waals surface area contributed by atoms with Gasteiger partial charge in [-0.1, -0.05) is 12.2 Å². The first-order valence-electron chi connectivity index (χ1n) is 7.84. The van der Waals surface area contributed by atoms with E-state index in [1.807, 2.05) is 24.3 Å². The van der Waals surface area contributed by atoms with E-state index in [1.165, 1.54) is 5.57 Å². The van der Waals surface area contributed by atoms with Gasteiger partial charge in [-0.05, 0) is 62.8 Å². The van der Waals surface area contributed by atoms with E-state index in [4.69, 9.17) is 4.74 Å². The van der Waals surface area contributed by atoms with E-state index in [0.717, 1.165) is 42.9 Å². The Labute approximate surface area is 131 Å². The molecule has 22 heavy (non-hydrogen) atoms. The molecular formula is C19H21NO2. The normalized spacial score (nSPS) is 21.5. The Bertz CT molecular complexity index is 700. The van der Waals surface area contributed by atoms with Gasteiger partial charge >= 0.3 is 0 Å². The molecule has 0 aliphatic heterocycles. The standard InChI is InChI=1S/C19H21NO2/c1-13(2)15-4-7-17(8-5-15)22-19-10-6-16-11-14(12-21)3-9-18(16)20-19/h3,6,9-12,15,17H,1,4-5,7-8H2,2H3/t15-,17-. The number of aromatic nitrogens is 1. The molecule has 0 N–H and O–H groups in total. The van der Waals surface area contributed by atoms with Gasteiger partial charge < -0.3 is 4.74 Å². The van der Waals surface area contributed by atoms with E-state index in [9.17, 15) is 4.79 Å². The number of aldehydes is 1. The summed E-state index contributed by atoms with van der Waals surface area (Å²) in [6.45, 7) is 6.17. The van der Waals surface area contributed by atoms with Crippen LogP contribution in [0, 0.1) is 5.92 Å². The maximum atomic E-state index is 10.8. The highest BCUT2D eigenvalue weighted by Crippen LogP contribution is 2.31. The SMILES string of the molecule is C=C(C)[C@H]1CC[C@H](Oc2ccc3cc(C=O)ccc3n2)CC1. The number of benzene rings is 1. The molecule has 1 aromatic heterocycles. The van der Waals surface area contributed by atoms with E-state index in [2.05, 4.69) is 18.5 Å². The fourth-order valence-corrected chi connectivity index (χ4v) is 3.11. The third-order valence-corrected chi connectivity index (χ3v) is 4.48. The molecule has 0 saturated heterocycles. The number of fused-ring (bicyclic) bond motifs is 1. The average Bonchev–Trinajstić information content (AvgIpc) is 2.55. The van der Waals surface area contributed by atoms with Crippen molar-refractivity contribution < 1.29 is 9.53 Å². The molecule has 114 valence electrons. The third-order valence-electron chi connectivity index (χ3n) is 4.48. The van der Waals surface area contributed by atoms with Crippen molar-refractivity contribution in [2.75, 3.05) is 0 Å². The quantitative estimate of drug-likeness (QED) is 0.613. The van der Waals surface area contributed by atoms with Crippen LogP contribution in [0.25, 0.3) is 10.9 Å². The second kappa shape index (κ2) is 6.30. The van der Waals surface area contributed by atoms with E-state index in [-0.39, 0.29) is 6.10 Å². The summed E-state index contributed by atoms with van der Waals surface area (Å²) in [5.41, 5.74) is 2.81. The van der Waals surface area contributed by atoms with Crippen LogP contribution < -0.4 is 4.74 Å². The van der Waals surface area contributed by atoms with Gasteiger partial charge in [0.1, 0.15) is 12.4 Å². The summed E-state index contributed by atoms with van der Waals surface area (Å²) < 4.78 is 6.04. The molecule has 1 aromatic carbocycles. The molecule has 0 atom stereocenters. The molecule has 2 aromatic rings. The average molecular weight is 295 g/mol. The Morgan fingerprint density at radius 3 is 2.68 bits per heavy atom. The van der Waals surface area contributed by atoms with Gasteiger partial charge in [-0.3, -0.25) is 4.79 Å². The van der Waals surface area contributed by atoms with Crippen LogP contribution in [-0.4, -0.2) is 17.4 Å². The number of pyridine rings is 1. The molecule has 1 saturated carbocycles. The van der Waals surface area contributed by atoms with Crippen molar-refractivity contribution in [3.8, 4) is 5.88 Å². The smallest absolute Gasteiger partial charge is 0.214 e. The van der Waals surface area contributed by atoms with E-state index >= 15 is 0 Å². The number of hydrogen-bond acceptors (Lipinski definition) is 3. The molecule has 0 amide bonds. The molecule has 0 radical (unpaired) electrons. The van der Waals surface area contributed by atoms with Crippen molar-refractivity contribution in [1.82, 2.24) is 4.98 Å². The van der Waals surface area contributed by atoms with Gasteiger partial charge in [0.05, 0.1) is 5.52 Å². The first-order valence-corrected chi connectivity index (χ1v) is 7.84. The number of carbonyl (C=O) groups is 1. The van der Waals surface area contributed by atoms with Crippen molar-refractivity contribution in [3.05, 3.63) is 48.0 Å². The largest absolute Gasteiger partial charge is 0.474 e. The Hall–Kier alpha value is -2.16. The van der Waals surface area contributed by atoms with Gasteiger partial charge in [0, 0.05) is 17.0 Å². The number of allylic oxidation sites excluding steroid dienone is 1. The molecule has 3 nitrogen and oxygen atoms in total. The molecule has 0 spiro atoms. The Kier molecular flexibility index (Phi) is 4.23. The number of hydrogen-bond donors (Lipinski definition) is 0. The monoisotopic (exact) mass is 295 g/mol. The second-order valence-corrected chi connectivity index (χ2v) is 6.16. The van der Waals surface area contributed by atoms with Gasteiger partial charge in [0.2, 0.25) is 5.88 Å². The minimum atomic E-state index is 0.245. The lowest BCUT2D eigenvalue weighted by molar-refractivity contribution is 0.112. The summed E-state index contributed by atoms with van der Waals surface area (Å²) in [4.78, 5) is 15.3. The summed E-state index contributed by atoms with van der Waals surface area (Å²) in [6.07, 6.45) is 5.51. The van der Waals surface area contributed by atoms with E-state index in [0.29, 0.717) is 17.4 Å². The van der Waals surface area contributed by atoms with Crippen LogP contribution in [-0.2, 0) is 0 Å². The highest BCUT2D eigenvalue weighted by Gasteiger charge is 2.23. The molecule has 1 aliphatic rings. The zero-order valence-electron chi connectivity index (χ0n) is 12.9. The van der Waals surface area contributed by atoms with Crippen molar-refractivity contribution in [1.29, 1.82) is 0 Å². The second-order valence-electron chi connectivity index (χ2n) is 6.16. The zero-order valence-corrected chi connectivity index (χ0v) is 12.9. The van der Waals surface area contributed by atoms with E-state index < -0.39 is 0 Å². The molecule has 3 heteroatoms. The maximum absolute atomic E-state index is 10.8. The topological polar surface area (TPSA) is 39.2 Å². The molecule has 1 aliphatic carbocycles. The summed E-state index contributed by atoms with van der Waals surface area (Å²) in [6, 6.07) is 9.34. The summed E-state index contributed by atoms with van der Waals surface area (Å²) in [5, 5.41) is 0.961. The van der Waals surface area contributed by atoms with Crippen molar-refractivity contribution in [2.24, 2.45) is 5.92 Å². The van der Waals surface area contributed by atoms with Gasteiger partial charge in [0.15, 0.2) is 0 Å². The fraction of sp³-hybridized carbons (Fsp3) is 0.368. The molecule has 1 heterocycles. The van der Waals surface area contributed by atoms with Crippen LogP contribution in [0.5, 0.6) is 5.88 Å². The Balaban J connectivity index is 1.69. The van der Waals surface area contributed by atoms with Crippen molar-refractivity contribution in [3.63, 3.8) is 0 Å². The molecule has 0 bridgehead atoms. The molecule has 0 unspecified atom stereocenters. The number of nitrogens with zero attached hydrogens (tertiary/aromatic N) is 1. The minimum Gasteiger partial charge on any atom is -0.474 e. The van der Waals surface area contributed by atoms with Crippen LogP contribution in [0.15, 0.2) is 42.5 Å². The highest BCUT2D eigenvalue weighted by atomic mass is 16.5. The van der Waals surface area contributed by atoms with Crippen LogP contribution in [0.2, 0.25) is 0 Å². The first kappa shape index (κ1) is 14.8. The minimum absolute atomic E-state index is 0.245. The van der Waals surface area contributed by atoms with Crippen molar-refractivity contribution in [2.45, 2.75) is 38.7 Å². The van der Waals surface area contributed by atoms with Gasteiger partial charge in [0.25, 0.3) is 0 Å². The Morgan fingerprint density at radius 1 is 1.23 bits per heavy atom. The lowest BCUT2D eigenvalue weighted by atomic mass is 9.83. The van der Waals surface area contributed by atoms with Crippen LogP contribution in [0.4, 0.5) is 0 Å². The summed E-state index contributed by atoms with van der Waals surface area (Å²) in [5.74, 6) is 1.32. The lowest BCUT2D eigenvalue weighted by Gasteiger charge is -2.28. The number of carbonyl (C=O) groups excluding carboxylic acids is 1. The maximum Gasteiger partial charge on any atom is 0.214 e. The number of ether oxygens (including phenoxy) is 1. The Morgan fingerprint density at radius 2 is 2.00 bits per heavy atom. The predicted octanol–water partition coefficient (Wildman–Crippen LogP) is 4.56. The third kappa shape index (κ3) is 3.19. The van der Waals surface area contributed by atoms with Crippen LogP contribution in [0.1, 0.15) is 43.0 Å². The van der Waals surface area contributed by atoms with Gasteiger partial charge in [-0.15, -0.1) is 0 Å². The molecule has 3 rings (SSSR count). The van der Waals surface area contributed by atoms with Crippen LogP contribution in [0.3, 0.4) is 0 Å². The van der Waals surface area contributed by atoms with Crippen LogP contribution >= 0.6 is 0 Å². The lowest BCUT2D eigenvalue weighted by Crippen LogP contribution is -2.24. The summed E-state index contributed by atoms with van der Waals surface area (Å²) >= 11 is 0. The predicted molar refractivity (Wildman–Crippen MR) is 88.3 cm³/mol. The number of rotatable bonds is 4. The van der Waals surface area contributed by atoms with Gasteiger partial charge in [-0.25, -0.2) is 4.98 Å². The van der Waals surface area contributed by atoms with Crippen molar-refractivity contribution >= 4 is 17.2 Å². The first-order chi connectivity index (χ1) is 10.7. The molecular weight excluding hydrogens is 274 g/mol. The highest BCUT2D eigenvalue weighted by molar-refractivity contribution is 5.86. The zero-order chi connectivity index (χ0) is 15.5. The molecule has 1 fully saturated rings.